The molecule has 0 saturated carbocycles. The zero-order valence-corrected chi connectivity index (χ0v) is 15.7. The number of rotatable bonds is 13. The third kappa shape index (κ3) is 12.1. The van der Waals surface area contributed by atoms with Crippen LogP contribution in [0.2, 0.25) is 0 Å². The fraction of sp³-hybridized carbons (Fsp3) is 0.900. The molecule has 0 bridgehead atoms. The summed E-state index contributed by atoms with van der Waals surface area (Å²) >= 11 is 0. The fourth-order valence-electron chi connectivity index (χ4n) is 2.97. The molecular formula is C20H40O2. The minimum atomic E-state index is -0.226. The molecular weight excluding hydrogens is 272 g/mol. The zero-order valence-electron chi connectivity index (χ0n) is 15.7. The van der Waals surface area contributed by atoms with Crippen molar-refractivity contribution in [2.75, 3.05) is 6.61 Å². The minimum absolute atomic E-state index is 0.155. The molecule has 0 radical (unpaired) electrons. The molecule has 132 valence electrons. The first-order valence-corrected chi connectivity index (χ1v) is 9.35. The summed E-state index contributed by atoms with van der Waals surface area (Å²) in [5.41, 5.74) is 0.938. The lowest BCUT2D eigenvalue weighted by Gasteiger charge is -2.15. The lowest BCUT2D eigenvalue weighted by molar-refractivity contribution is 0.248. The first-order valence-electron chi connectivity index (χ1n) is 9.35. The molecule has 0 unspecified atom stereocenters. The van der Waals surface area contributed by atoms with E-state index in [-0.39, 0.29) is 12.4 Å². The van der Waals surface area contributed by atoms with Crippen molar-refractivity contribution in [3.63, 3.8) is 0 Å². The van der Waals surface area contributed by atoms with E-state index in [2.05, 4.69) is 27.7 Å². The Morgan fingerprint density at radius 1 is 0.773 bits per heavy atom. The van der Waals surface area contributed by atoms with Gasteiger partial charge >= 0.3 is 0 Å². The molecule has 0 aromatic carbocycles. The number of hydrogen-bond acceptors (Lipinski definition) is 2. The van der Waals surface area contributed by atoms with Gasteiger partial charge in [-0.2, -0.15) is 0 Å². The van der Waals surface area contributed by atoms with Crippen molar-refractivity contribution in [3.8, 4) is 0 Å². The van der Waals surface area contributed by atoms with Gasteiger partial charge in [0.15, 0.2) is 0 Å². The molecule has 0 aromatic heterocycles. The summed E-state index contributed by atoms with van der Waals surface area (Å²) < 4.78 is 0. The maximum absolute atomic E-state index is 9.43. The molecule has 2 atom stereocenters. The van der Waals surface area contributed by atoms with Gasteiger partial charge in [0.2, 0.25) is 0 Å². The highest BCUT2D eigenvalue weighted by Crippen LogP contribution is 2.22. The summed E-state index contributed by atoms with van der Waals surface area (Å²) in [5.74, 6) is 2.64. The Labute approximate surface area is 139 Å². The Balaban J connectivity index is 3.63. The van der Waals surface area contributed by atoms with Gasteiger partial charge in [-0.1, -0.05) is 72.6 Å². The average Bonchev–Trinajstić information content (AvgIpc) is 2.45. The monoisotopic (exact) mass is 312 g/mol. The number of aliphatic hydroxyl groups excluding tert-OH is 2. The van der Waals surface area contributed by atoms with E-state index in [4.69, 9.17) is 5.11 Å². The molecule has 0 saturated heterocycles. The predicted molar refractivity (Wildman–Crippen MR) is 97.1 cm³/mol. The predicted octanol–water partition coefficient (Wildman–Crippen LogP) is 6.25. The van der Waals surface area contributed by atoms with E-state index in [9.17, 15) is 5.11 Å². The van der Waals surface area contributed by atoms with E-state index in [0.29, 0.717) is 0 Å². The molecule has 0 amide bonds. The lowest BCUT2D eigenvalue weighted by Crippen LogP contribution is -2.00. The van der Waals surface area contributed by atoms with Gasteiger partial charge < -0.3 is 10.2 Å². The van der Waals surface area contributed by atoms with Crippen LogP contribution in [0.15, 0.2) is 11.3 Å². The van der Waals surface area contributed by atoms with E-state index in [1.54, 1.807) is 0 Å². The van der Waals surface area contributed by atoms with Crippen molar-refractivity contribution in [2.24, 2.45) is 17.8 Å². The quantitative estimate of drug-likeness (QED) is 0.395. The van der Waals surface area contributed by atoms with Crippen molar-refractivity contribution in [2.45, 2.75) is 92.4 Å². The first kappa shape index (κ1) is 21.5. The van der Waals surface area contributed by atoms with Gasteiger partial charge in [-0.25, -0.2) is 0 Å². The van der Waals surface area contributed by atoms with Crippen molar-refractivity contribution >= 4 is 0 Å². The molecule has 0 aliphatic carbocycles. The van der Waals surface area contributed by atoms with E-state index in [1.807, 2.05) is 6.92 Å². The standard InChI is InChI=1S/C20H40O2/c1-16(2)9-6-10-17(3)11-7-12-18(4)13-8-14-19(5)20(22)15-21/h16-18,21-22H,6-15H2,1-5H3/t17-,18-/m1/s1. The van der Waals surface area contributed by atoms with Crippen LogP contribution < -0.4 is 0 Å². The van der Waals surface area contributed by atoms with Gasteiger partial charge in [0.25, 0.3) is 0 Å². The molecule has 0 heterocycles. The molecule has 2 N–H and O–H groups in total. The van der Waals surface area contributed by atoms with Gasteiger partial charge in [0.1, 0.15) is 12.4 Å². The number of allylic oxidation sites excluding steroid dienone is 1. The second-order valence-electron chi connectivity index (χ2n) is 7.74. The van der Waals surface area contributed by atoms with Gasteiger partial charge in [-0.3, -0.25) is 0 Å². The summed E-state index contributed by atoms with van der Waals surface area (Å²) in [6, 6.07) is 0. The van der Waals surface area contributed by atoms with Crippen LogP contribution in [-0.4, -0.2) is 16.8 Å². The third-order valence-corrected chi connectivity index (χ3v) is 4.76. The summed E-state index contributed by atoms with van der Waals surface area (Å²) in [6.07, 6.45) is 11.4. The average molecular weight is 313 g/mol. The second kappa shape index (κ2) is 13.0. The van der Waals surface area contributed by atoms with Crippen molar-refractivity contribution in [1.82, 2.24) is 0 Å². The second-order valence-corrected chi connectivity index (χ2v) is 7.74. The molecule has 22 heavy (non-hydrogen) atoms. The van der Waals surface area contributed by atoms with Crippen molar-refractivity contribution in [1.29, 1.82) is 0 Å². The minimum Gasteiger partial charge on any atom is -0.510 e. The Kier molecular flexibility index (Phi) is 12.7. The lowest BCUT2D eigenvalue weighted by atomic mass is 9.91. The Morgan fingerprint density at radius 3 is 1.68 bits per heavy atom. The fourth-order valence-corrected chi connectivity index (χ4v) is 2.97. The van der Waals surface area contributed by atoms with Crippen LogP contribution in [0.1, 0.15) is 92.4 Å². The van der Waals surface area contributed by atoms with E-state index in [1.165, 1.54) is 44.9 Å². The summed E-state index contributed by atoms with van der Waals surface area (Å²) in [4.78, 5) is 0. The number of hydrogen-bond donors (Lipinski definition) is 2. The molecule has 0 aliphatic heterocycles. The highest BCUT2D eigenvalue weighted by molar-refractivity contribution is 5.04. The SMILES string of the molecule is CC(CCC[C@H](C)CCC[C@H](C)CCCC(C)C)=C(O)CO. The Bertz CT molecular complexity index is 294. The van der Waals surface area contributed by atoms with Gasteiger partial charge in [-0.15, -0.1) is 0 Å². The summed E-state index contributed by atoms with van der Waals surface area (Å²) in [7, 11) is 0. The molecule has 0 spiro atoms. The Hall–Kier alpha value is -0.500. The summed E-state index contributed by atoms with van der Waals surface area (Å²) in [6.45, 7) is 11.0. The van der Waals surface area contributed by atoms with Crippen LogP contribution in [0.3, 0.4) is 0 Å². The highest BCUT2D eigenvalue weighted by atomic mass is 16.3. The first-order chi connectivity index (χ1) is 10.4. The maximum Gasteiger partial charge on any atom is 0.117 e. The van der Waals surface area contributed by atoms with Gasteiger partial charge in [0.05, 0.1) is 0 Å². The summed E-state index contributed by atoms with van der Waals surface area (Å²) in [5, 5.41) is 18.3. The van der Waals surface area contributed by atoms with Crippen LogP contribution in [0, 0.1) is 17.8 Å². The molecule has 0 rings (SSSR count). The zero-order chi connectivity index (χ0) is 17.0. The van der Waals surface area contributed by atoms with E-state index >= 15 is 0 Å². The van der Waals surface area contributed by atoms with Gasteiger partial charge in [0, 0.05) is 0 Å². The topological polar surface area (TPSA) is 40.5 Å². The smallest absolute Gasteiger partial charge is 0.117 e. The van der Waals surface area contributed by atoms with Crippen molar-refractivity contribution < 1.29 is 10.2 Å². The van der Waals surface area contributed by atoms with Crippen LogP contribution in [0.4, 0.5) is 0 Å². The molecule has 2 heteroatoms. The molecule has 2 nitrogen and oxygen atoms in total. The van der Waals surface area contributed by atoms with Crippen LogP contribution >= 0.6 is 0 Å². The van der Waals surface area contributed by atoms with Crippen LogP contribution in [-0.2, 0) is 0 Å². The van der Waals surface area contributed by atoms with E-state index < -0.39 is 0 Å². The maximum atomic E-state index is 9.43. The Morgan fingerprint density at radius 2 is 1.23 bits per heavy atom. The third-order valence-electron chi connectivity index (χ3n) is 4.76. The molecule has 0 aliphatic rings. The molecule has 0 fully saturated rings. The molecule has 0 aromatic rings. The largest absolute Gasteiger partial charge is 0.510 e. The number of aliphatic hydroxyl groups is 2. The van der Waals surface area contributed by atoms with Crippen LogP contribution in [0.25, 0.3) is 0 Å². The highest BCUT2D eigenvalue weighted by Gasteiger charge is 2.07. The van der Waals surface area contributed by atoms with E-state index in [0.717, 1.165) is 36.2 Å². The van der Waals surface area contributed by atoms with Crippen molar-refractivity contribution in [3.05, 3.63) is 11.3 Å². The van der Waals surface area contributed by atoms with Crippen LogP contribution in [0.5, 0.6) is 0 Å². The van der Waals surface area contributed by atoms with Gasteiger partial charge in [-0.05, 0) is 43.1 Å². The normalized spacial score (nSPS) is 15.8.